The van der Waals surface area contributed by atoms with Gasteiger partial charge in [0.1, 0.15) is 0 Å². The summed E-state index contributed by atoms with van der Waals surface area (Å²) in [5.41, 5.74) is 1.09. The van der Waals surface area contributed by atoms with Crippen LogP contribution < -0.4 is 4.90 Å². The summed E-state index contributed by atoms with van der Waals surface area (Å²) in [6, 6.07) is 2.00. The first-order valence-corrected chi connectivity index (χ1v) is 5.40. The molecule has 84 valence electrons. The average molecular weight is 230 g/mol. The van der Waals surface area contributed by atoms with Crippen LogP contribution in [0.4, 0.5) is 5.82 Å². The Morgan fingerprint density at radius 1 is 1.47 bits per heavy atom. The molecule has 0 bridgehead atoms. The van der Waals surface area contributed by atoms with E-state index < -0.39 is 0 Å². The summed E-state index contributed by atoms with van der Waals surface area (Å²) >= 11 is 5.73. The van der Waals surface area contributed by atoms with Crippen molar-refractivity contribution in [3.05, 3.63) is 17.8 Å². The minimum atomic E-state index is 0.569. The van der Waals surface area contributed by atoms with Gasteiger partial charge in [0.05, 0.1) is 12.8 Å². The maximum absolute atomic E-state index is 5.73. The molecule has 0 atom stereocenters. The van der Waals surface area contributed by atoms with Gasteiger partial charge in [0.15, 0.2) is 5.82 Å². The van der Waals surface area contributed by atoms with Crippen LogP contribution in [0.3, 0.4) is 0 Å². The fourth-order valence-corrected chi connectivity index (χ4v) is 1.45. The molecule has 0 fully saturated rings. The lowest BCUT2D eigenvalue weighted by atomic mass is 10.3. The van der Waals surface area contributed by atoms with Gasteiger partial charge in [-0.05, 0) is 18.6 Å². The van der Waals surface area contributed by atoms with Gasteiger partial charge in [0, 0.05) is 26.1 Å². The number of aryl methyl sites for hydroxylation is 1. The van der Waals surface area contributed by atoms with E-state index in [-0.39, 0.29) is 0 Å². The number of nitrogens with zero attached hydrogens (tertiary/aromatic N) is 3. The van der Waals surface area contributed by atoms with Crippen molar-refractivity contribution in [2.45, 2.75) is 6.92 Å². The first kappa shape index (κ1) is 12.2. The molecular weight excluding hydrogens is 214 g/mol. The fraction of sp³-hybridized carbons (Fsp3) is 0.600. The molecule has 0 aromatic carbocycles. The van der Waals surface area contributed by atoms with Crippen molar-refractivity contribution in [1.82, 2.24) is 10.2 Å². The van der Waals surface area contributed by atoms with E-state index in [1.165, 1.54) is 0 Å². The third-order valence-electron chi connectivity index (χ3n) is 2.02. The van der Waals surface area contributed by atoms with Crippen molar-refractivity contribution in [2.24, 2.45) is 0 Å². The van der Waals surface area contributed by atoms with Gasteiger partial charge < -0.3 is 9.64 Å². The van der Waals surface area contributed by atoms with Crippen molar-refractivity contribution < 1.29 is 4.74 Å². The van der Waals surface area contributed by atoms with E-state index in [4.69, 9.17) is 16.3 Å². The third kappa shape index (κ3) is 4.01. The normalized spacial score (nSPS) is 10.3. The molecule has 0 saturated carbocycles. The highest BCUT2D eigenvalue weighted by Crippen LogP contribution is 2.10. The number of methoxy groups -OCH3 is 1. The van der Waals surface area contributed by atoms with Crippen LogP contribution in [0.15, 0.2) is 12.3 Å². The number of ether oxygens (including phenoxy) is 1. The molecule has 15 heavy (non-hydrogen) atoms. The molecule has 0 aliphatic heterocycles. The molecule has 1 aromatic heterocycles. The van der Waals surface area contributed by atoms with E-state index in [9.17, 15) is 0 Å². The summed E-state index contributed by atoms with van der Waals surface area (Å²) in [5, 5.41) is 7.99. The fourth-order valence-electron chi connectivity index (χ4n) is 1.25. The van der Waals surface area contributed by atoms with Gasteiger partial charge in [0.25, 0.3) is 0 Å². The predicted octanol–water partition coefficient (Wildman–Crippen LogP) is 1.48. The number of aromatic nitrogens is 2. The Bertz CT molecular complexity index is 296. The predicted molar refractivity (Wildman–Crippen MR) is 61.6 cm³/mol. The third-order valence-corrected chi connectivity index (χ3v) is 2.19. The Morgan fingerprint density at radius 3 is 2.87 bits per heavy atom. The second-order valence-corrected chi connectivity index (χ2v) is 3.64. The Kier molecular flexibility index (Phi) is 5.36. The number of alkyl halides is 1. The van der Waals surface area contributed by atoms with E-state index in [1.54, 1.807) is 13.3 Å². The van der Waals surface area contributed by atoms with Crippen LogP contribution in [0.2, 0.25) is 0 Å². The summed E-state index contributed by atoms with van der Waals surface area (Å²) in [6.45, 7) is 4.18. The topological polar surface area (TPSA) is 38.2 Å². The molecule has 0 N–H and O–H groups in total. The number of anilines is 1. The summed E-state index contributed by atoms with van der Waals surface area (Å²) in [7, 11) is 1.68. The van der Waals surface area contributed by atoms with Crippen molar-refractivity contribution in [2.75, 3.05) is 37.6 Å². The average Bonchev–Trinajstić information content (AvgIpc) is 2.24. The second-order valence-electron chi connectivity index (χ2n) is 3.26. The van der Waals surface area contributed by atoms with Crippen molar-refractivity contribution >= 4 is 17.4 Å². The van der Waals surface area contributed by atoms with E-state index in [0.717, 1.165) is 24.5 Å². The van der Waals surface area contributed by atoms with Gasteiger partial charge >= 0.3 is 0 Å². The molecule has 0 unspecified atom stereocenters. The van der Waals surface area contributed by atoms with Crippen LogP contribution in [0.1, 0.15) is 5.56 Å². The van der Waals surface area contributed by atoms with Gasteiger partial charge in [0.2, 0.25) is 0 Å². The van der Waals surface area contributed by atoms with Gasteiger partial charge in [-0.2, -0.15) is 5.10 Å². The zero-order valence-electron chi connectivity index (χ0n) is 9.11. The van der Waals surface area contributed by atoms with E-state index in [0.29, 0.717) is 12.5 Å². The molecular formula is C10H16ClN3O. The van der Waals surface area contributed by atoms with Crippen LogP contribution in [0, 0.1) is 6.92 Å². The summed E-state index contributed by atoms with van der Waals surface area (Å²) in [6.07, 6.45) is 1.73. The summed E-state index contributed by atoms with van der Waals surface area (Å²) in [4.78, 5) is 2.07. The number of hydrogen-bond donors (Lipinski definition) is 0. The van der Waals surface area contributed by atoms with Gasteiger partial charge in [-0.25, -0.2) is 0 Å². The number of hydrogen-bond acceptors (Lipinski definition) is 4. The first-order chi connectivity index (χ1) is 7.27. The maximum Gasteiger partial charge on any atom is 0.151 e. The number of halogens is 1. The zero-order chi connectivity index (χ0) is 11.1. The molecule has 0 amide bonds. The lowest BCUT2D eigenvalue weighted by molar-refractivity contribution is 0.205. The van der Waals surface area contributed by atoms with E-state index in [2.05, 4.69) is 15.1 Å². The summed E-state index contributed by atoms with van der Waals surface area (Å²) < 4.78 is 5.04. The SMILES string of the molecule is COCCN(CCCl)c1cc(C)cnn1. The Hall–Kier alpha value is -0.870. The molecule has 1 heterocycles. The molecule has 1 rings (SSSR count). The van der Waals surface area contributed by atoms with Crippen LogP contribution in [-0.2, 0) is 4.74 Å². The largest absolute Gasteiger partial charge is 0.383 e. The quantitative estimate of drug-likeness (QED) is 0.693. The lowest BCUT2D eigenvalue weighted by Crippen LogP contribution is -2.30. The van der Waals surface area contributed by atoms with Gasteiger partial charge in [-0.15, -0.1) is 16.7 Å². The molecule has 0 aliphatic rings. The lowest BCUT2D eigenvalue weighted by Gasteiger charge is -2.21. The zero-order valence-corrected chi connectivity index (χ0v) is 9.87. The van der Waals surface area contributed by atoms with Gasteiger partial charge in [-0.1, -0.05) is 0 Å². The Balaban J connectivity index is 2.69. The maximum atomic E-state index is 5.73. The minimum absolute atomic E-state index is 0.569. The highest BCUT2D eigenvalue weighted by Gasteiger charge is 2.07. The molecule has 0 spiro atoms. The summed E-state index contributed by atoms with van der Waals surface area (Å²) in [5.74, 6) is 1.42. The van der Waals surface area contributed by atoms with Gasteiger partial charge in [-0.3, -0.25) is 0 Å². The van der Waals surface area contributed by atoms with E-state index >= 15 is 0 Å². The smallest absolute Gasteiger partial charge is 0.151 e. The van der Waals surface area contributed by atoms with Crippen molar-refractivity contribution in [3.63, 3.8) is 0 Å². The highest BCUT2D eigenvalue weighted by molar-refractivity contribution is 6.18. The van der Waals surface area contributed by atoms with E-state index in [1.807, 2.05) is 13.0 Å². The van der Waals surface area contributed by atoms with Crippen LogP contribution in [0.5, 0.6) is 0 Å². The van der Waals surface area contributed by atoms with Crippen LogP contribution in [0.25, 0.3) is 0 Å². The first-order valence-electron chi connectivity index (χ1n) is 4.87. The molecule has 5 heteroatoms. The Morgan fingerprint density at radius 2 is 2.27 bits per heavy atom. The molecule has 4 nitrogen and oxygen atoms in total. The van der Waals surface area contributed by atoms with Crippen molar-refractivity contribution in [3.8, 4) is 0 Å². The molecule has 1 aromatic rings. The minimum Gasteiger partial charge on any atom is -0.383 e. The van der Waals surface area contributed by atoms with Crippen molar-refractivity contribution in [1.29, 1.82) is 0 Å². The molecule has 0 radical (unpaired) electrons. The molecule has 0 saturated heterocycles. The molecule has 0 aliphatic carbocycles. The highest BCUT2D eigenvalue weighted by atomic mass is 35.5. The van der Waals surface area contributed by atoms with Crippen LogP contribution in [-0.4, -0.2) is 42.9 Å². The Labute approximate surface area is 95.2 Å². The standard InChI is InChI=1S/C10H16ClN3O/c1-9-7-10(13-12-8-9)14(4-3-11)5-6-15-2/h7-8H,3-6H2,1-2H3. The number of rotatable bonds is 6. The second kappa shape index (κ2) is 6.58. The van der Waals surface area contributed by atoms with Crippen LogP contribution >= 0.6 is 11.6 Å². The monoisotopic (exact) mass is 229 g/mol.